The molecule has 5 nitrogen and oxygen atoms in total. The maximum Gasteiger partial charge on any atom is 0.258 e. The molecule has 0 spiro atoms. The van der Waals surface area contributed by atoms with E-state index in [4.69, 9.17) is 0 Å². The Bertz CT molecular complexity index is 680. The summed E-state index contributed by atoms with van der Waals surface area (Å²) in [5.41, 5.74) is 0.685. The van der Waals surface area contributed by atoms with Crippen LogP contribution in [0.3, 0.4) is 0 Å². The fraction of sp³-hybridized carbons (Fsp3) is 0.308. The zero-order valence-corrected chi connectivity index (χ0v) is 12.0. The van der Waals surface area contributed by atoms with E-state index < -0.39 is 16.1 Å². The Morgan fingerprint density at radius 3 is 2.55 bits per heavy atom. The van der Waals surface area contributed by atoms with Gasteiger partial charge in [0.2, 0.25) is 0 Å². The fourth-order valence-corrected chi connectivity index (χ4v) is 2.95. The highest BCUT2D eigenvalue weighted by Crippen LogP contribution is 2.16. The number of nitrogens with one attached hydrogen (secondary N) is 2. The van der Waals surface area contributed by atoms with Crippen LogP contribution in [0.25, 0.3) is 0 Å². The average Bonchev–Trinajstić information content (AvgIpc) is 2.88. The number of benzene rings is 1. The number of rotatable bonds is 5. The molecule has 2 aromatic rings. The number of sulfonamides is 1. The van der Waals surface area contributed by atoms with Crippen LogP contribution >= 0.6 is 0 Å². The second-order valence-electron chi connectivity index (χ2n) is 4.44. The van der Waals surface area contributed by atoms with E-state index in [1.54, 1.807) is 19.1 Å². The molecule has 0 saturated carbocycles. The lowest BCUT2D eigenvalue weighted by Gasteiger charge is -2.13. The highest BCUT2D eigenvalue weighted by Gasteiger charge is 2.20. The summed E-state index contributed by atoms with van der Waals surface area (Å²) in [6.45, 7) is 3.58. The number of hydrogen-bond acceptors (Lipinski definition) is 3. The molecule has 0 aliphatic carbocycles. The summed E-state index contributed by atoms with van der Waals surface area (Å²) >= 11 is 0. The summed E-state index contributed by atoms with van der Waals surface area (Å²) in [4.78, 5) is 6.72. The predicted molar refractivity (Wildman–Crippen MR) is 73.1 cm³/mol. The Morgan fingerprint density at radius 1 is 1.35 bits per heavy atom. The molecule has 0 aliphatic heterocycles. The van der Waals surface area contributed by atoms with Gasteiger partial charge in [0.15, 0.2) is 5.03 Å². The van der Waals surface area contributed by atoms with Gasteiger partial charge in [0.1, 0.15) is 11.6 Å². The third-order valence-corrected chi connectivity index (χ3v) is 4.38. The number of nitrogens with zero attached hydrogens (tertiary/aromatic N) is 1. The molecule has 1 aromatic carbocycles. The van der Waals surface area contributed by atoms with Gasteiger partial charge in [-0.1, -0.05) is 19.1 Å². The van der Waals surface area contributed by atoms with E-state index in [1.165, 1.54) is 18.3 Å². The van der Waals surface area contributed by atoms with Crippen LogP contribution in [0.2, 0.25) is 0 Å². The zero-order chi connectivity index (χ0) is 14.8. The summed E-state index contributed by atoms with van der Waals surface area (Å²) in [6.07, 6.45) is 1.92. The van der Waals surface area contributed by atoms with Gasteiger partial charge in [-0.3, -0.25) is 0 Å². The first kappa shape index (κ1) is 14.7. The van der Waals surface area contributed by atoms with Crippen LogP contribution in [0, 0.1) is 5.82 Å². The molecular formula is C13H16FN3O2S. The monoisotopic (exact) mass is 297 g/mol. The minimum Gasteiger partial charge on any atom is -0.332 e. The molecule has 2 N–H and O–H groups in total. The lowest BCUT2D eigenvalue weighted by molar-refractivity contribution is 0.563. The fourth-order valence-electron chi connectivity index (χ4n) is 1.78. The van der Waals surface area contributed by atoms with E-state index in [-0.39, 0.29) is 10.8 Å². The van der Waals surface area contributed by atoms with Gasteiger partial charge >= 0.3 is 0 Å². The van der Waals surface area contributed by atoms with Crippen molar-refractivity contribution in [1.29, 1.82) is 0 Å². The molecule has 108 valence electrons. The standard InChI is InChI=1S/C13H16FN3O2S/c1-3-12-15-8-13(16-12)20(18,19)17-9(2)10-4-6-11(14)7-5-10/h4-9,17H,3H2,1-2H3,(H,15,16). The van der Waals surface area contributed by atoms with Crippen molar-refractivity contribution in [3.05, 3.63) is 47.7 Å². The molecule has 7 heteroatoms. The largest absolute Gasteiger partial charge is 0.332 e. The van der Waals surface area contributed by atoms with E-state index in [1.807, 2.05) is 6.92 Å². The number of aromatic amines is 1. The minimum atomic E-state index is -3.67. The Morgan fingerprint density at radius 2 is 2.00 bits per heavy atom. The summed E-state index contributed by atoms with van der Waals surface area (Å²) < 4.78 is 39.7. The smallest absolute Gasteiger partial charge is 0.258 e. The summed E-state index contributed by atoms with van der Waals surface area (Å²) in [6, 6.07) is 5.23. The van der Waals surface area contributed by atoms with Crippen molar-refractivity contribution in [1.82, 2.24) is 14.7 Å². The van der Waals surface area contributed by atoms with Gasteiger partial charge in [-0.2, -0.15) is 0 Å². The van der Waals surface area contributed by atoms with Crippen molar-refractivity contribution >= 4 is 10.0 Å². The molecule has 1 aromatic heterocycles. The van der Waals surface area contributed by atoms with Crippen LogP contribution in [-0.2, 0) is 16.4 Å². The summed E-state index contributed by atoms with van der Waals surface area (Å²) in [5.74, 6) is 0.254. The van der Waals surface area contributed by atoms with E-state index >= 15 is 0 Å². The first-order valence-electron chi connectivity index (χ1n) is 6.24. The van der Waals surface area contributed by atoms with E-state index in [2.05, 4.69) is 14.7 Å². The lowest BCUT2D eigenvalue weighted by atomic mass is 10.1. The normalized spacial score (nSPS) is 13.3. The molecule has 20 heavy (non-hydrogen) atoms. The Hall–Kier alpha value is -1.73. The molecule has 0 saturated heterocycles. The Labute approximate surface area is 117 Å². The molecule has 1 heterocycles. The molecule has 0 aliphatic rings. The van der Waals surface area contributed by atoms with Crippen molar-refractivity contribution in [3.63, 3.8) is 0 Å². The number of aryl methyl sites for hydroxylation is 1. The summed E-state index contributed by atoms with van der Waals surface area (Å²) in [7, 11) is -3.67. The molecule has 0 fully saturated rings. The molecule has 1 atom stereocenters. The first-order valence-corrected chi connectivity index (χ1v) is 7.72. The van der Waals surface area contributed by atoms with E-state index in [9.17, 15) is 12.8 Å². The van der Waals surface area contributed by atoms with Crippen molar-refractivity contribution in [3.8, 4) is 0 Å². The van der Waals surface area contributed by atoms with Gasteiger partial charge in [-0.25, -0.2) is 22.5 Å². The van der Waals surface area contributed by atoms with Gasteiger partial charge in [-0.15, -0.1) is 0 Å². The molecule has 2 rings (SSSR count). The number of imidazole rings is 1. The van der Waals surface area contributed by atoms with Gasteiger partial charge in [0.25, 0.3) is 10.0 Å². The molecule has 1 unspecified atom stereocenters. The van der Waals surface area contributed by atoms with Crippen molar-refractivity contribution in [2.75, 3.05) is 0 Å². The SMILES string of the molecule is CCc1ncc(S(=O)(=O)NC(C)c2ccc(F)cc2)[nH]1. The van der Waals surface area contributed by atoms with Crippen LogP contribution in [0.15, 0.2) is 35.5 Å². The Balaban J connectivity index is 2.17. The number of halogens is 1. The highest BCUT2D eigenvalue weighted by molar-refractivity contribution is 7.89. The van der Waals surface area contributed by atoms with Crippen LogP contribution in [-0.4, -0.2) is 18.4 Å². The van der Waals surface area contributed by atoms with Crippen molar-refractivity contribution in [2.45, 2.75) is 31.3 Å². The van der Waals surface area contributed by atoms with Crippen molar-refractivity contribution < 1.29 is 12.8 Å². The lowest BCUT2D eigenvalue weighted by Crippen LogP contribution is -2.27. The molecule has 0 radical (unpaired) electrons. The molecule has 0 amide bonds. The first-order chi connectivity index (χ1) is 9.42. The topological polar surface area (TPSA) is 74.8 Å². The predicted octanol–water partition coefficient (Wildman–Crippen LogP) is 2.15. The second kappa shape index (κ2) is 5.72. The Kier molecular flexibility index (Phi) is 4.20. The van der Waals surface area contributed by atoms with Crippen LogP contribution < -0.4 is 4.72 Å². The third kappa shape index (κ3) is 3.23. The molecule has 0 bridgehead atoms. The quantitative estimate of drug-likeness (QED) is 0.888. The van der Waals surface area contributed by atoms with Gasteiger partial charge in [0.05, 0.1) is 6.20 Å². The number of H-pyrrole nitrogens is 1. The summed E-state index contributed by atoms with van der Waals surface area (Å²) in [5, 5.41) is 0.0308. The second-order valence-corrected chi connectivity index (χ2v) is 6.12. The maximum atomic E-state index is 12.8. The van der Waals surface area contributed by atoms with Gasteiger partial charge in [0, 0.05) is 12.5 Å². The van der Waals surface area contributed by atoms with Crippen LogP contribution in [0.4, 0.5) is 4.39 Å². The van der Waals surface area contributed by atoms with Gasteiger partial charge < -0.3 is 4.98 Å². The van der Waals surface area contributed by atoms with E-state index in [0.717, 1.165) is 0 Å². The number of hydrogen-bond donors (Lipinski definition) is 2. The minimum absolute atomic E-state index is 0.0308. The van der Waals surface area contributed by atoms with Crippen molar-refractivity contribution in [2.24, 2.45) is 0 Å². The maximum absolute atomic E-state index is 12.8. The van der Waals surface area contributed by atoms with Crippen LogP contribution in [0.1, 0.15) is 31.3 Å². The zero-order valence-electron chi connectivity index (χ0n) is 11.2. The molecular weight excluding hydrogens is 281 g/mol. The third-order valence-electron chi connectivity index (χ3n) is 2.93. The van der Waals surface area contributed by atoms with Gasteiger partial charge in [-0.05, 0) is 24.6 Å². The number of aromatic nitrogens is 2. The highest BCUT2D eigenvalue weighted by atomic mass is 32.2. The van der Waals surface area contributed by atoms with E-state index in [0.29, 0.717) is 17.8 Å². The van der Waals surface area contributed by atoms with Crippen LogP contribution in [0.5, 0.6) is 0 Å². The average molecular weight is 297 g/mol.